The number of carbonyl (C=O) groups is 1. The highest BCUT2D eigenvalue weighted by Crippen LogP contribution is 2.33. The summed E-state index contributed by atoms with van der Waals surface area (Å²) in [5.41, 5.74) is 0.541. The third-order valence-corrected chi connectivity index (χ3v) is 4.27. The van der Waals surface area contributed by atoms with E-state index in [1.807, 2.05) is 0 Å². The maximum atomic E-state index is 12.3. The second-order valence-corrected chi connectivity index (χ2v) is 5.81. The average Bonchev–Trinajstić information content (AvgIpc) is 2.53. The van der Waals surface area contributed by atoms with Crippen molar-refractivity contribution in [2.24, 2.45) is 5.92 Å². The highest BCUT2D eigenvalue weighted by molar-refractivity contribution is 9.10. The van der Waals surface area contributed by atoms with Gasteiger partial charge >= 0.3 is 0 Å². The molecule has 1 heterocycles. The standard InChI is InChI=1S/C15H20BrNO4/c1-19-13-7-11(12(16)8-14(13)20-2)15(18)17-9-10-3-5-21-6-4-10/h7-8,10H,3-6,9H2,1-2H3,(H,17,18). The van der Waals surface area contributed by atoms with Gasteiger partial charge in [-0.1, -0.05) is 0 Å². The van der Waals surface area contributed by atoms with Crippen molar-refractivity contribution in [3.63, 3.8) is 0 Å². The molecule has 1 aliphatic rings. The van der Waals surface area contributed by atoms with Gasteiger partial charge in [0.05, 0.1) is 19.8 Å². The van der Waals surface area contributed by atoms with Gasteiger partial charge in [-0.25, -0.2) is 0 Å². The second-order valence-electron chi connectivity index (χ2n) is 4.95. The summed E-state index contributed by atoms with van der Waals surface area (Å²) in [4.78, 5) is 12.3. The largest absolute Gasteiger partial charge is 0.493 e. The van der Waals surface area contributed by atoms with E-state index in [9.17, 15) is 4.79 Å². The first-order valence-corrected chi connectivity index (χ1v) is 7.72. The fourth-order valence-electron chi connectivity index (χ4n) is 2.31. The molecule has 0 saturated carbocycles. The zero-order valence-electron chi connectivity index (χ0n) is 12.3. The van der Waals surface area contributed by atoms with E-state index in [-0.39, 0.29) is 5.91 Å². The lowest BCUT2D eigenvalue weighted by Crippen LogP contribution is -2.32. The van der Waals surface area contributed by atoms with Crippen LogP contribution in [0.1, 0.15) is 23.2 Å². The molecule has 1 amide bonds. The molecule has 1 fully saturated rings. The average molecular weight is 358 g/mol. The Bertz CT molecular complexity index is 501. The summed E-state index contributed by atoms with van der Waals surface area (Å²) in [6.07, 6.45) is 1.99. The number of rotatable bonds is 5. The Labute approximate surface area is 133 Å². The van der Waals surface area contributed by atoms with Gasteiger partial charge in [0.25, 0.3) is 5.91 Å². The maximum Gasteiger partial charge on any atom is 0.252 e. The van der Waals surface area contributed by atoms with Crippen LogP contribution in [-0.2, 0) is 4.74 Å². The van der Waals surface area contributed by atoms with Crippen LogP contribution in [0.5, 0.6) is 11.5 Å². The van der Waals surface area contributed by atoms with Crippen molar-refractivity contribution in [3.05, 3.63) is 22.2 Å². The van der Waals surface area contributed by atoms with E-state index in [1.165, 1.54) is 0 Å². The molecule has 0 radical (unpaired) electrons. The van der Waals surface area contributed by atoms with Gasteiger partial charge in [0.1, 0.15) is 0 Å². The van der Waals surface area contributed by atoms with Crippen LogP contribution in [0, 0.1) is 5.92 Å². The van der Waals surface area contributed by atoms with Crippen LogP contribution < -0.4 is 14.8 Å². The van der Waals surface area contributed by atoms with Crippen LogP contribution in [-0.4, -0.2) is 39.9 Å². The number of amides is 1. The van der Waals surface area contributed by atoms with Crippen LogP contribution in [0.15, 0.2) is 16.6 Å². The molecule has 0 atom stereocenters. The topological polar surface area (TPSA) is 56.8 Å². The number of ether oxygens (including phenoxy) is 3. The predicted molar refractivity (Wildman–Crippen MR) is 83.1 cm³/mol. The van der Waals surface area contributed by atoms with Crippen LogP contribution >= 0.6 is 15.9 Å². The molecule has 5 nitrogen and oxygen atoms in total. The third kappa shape index (κ3) is 4.11. The van der Waals surface area contributed by atoms with E-state index in [2.05, 4.69) is 21.2 Å². The summed E-state index contributed by atoms with van der Waals surface area (Å²) >= 11 is 3.40. The summed E-state index contributed by atoms with van der Waals surface area (Å²) < 4.78 is 16.4. The van der Waals surface area contributed by atoms with E-state index in [4.69, 9.17) is 14.2 Å². The van der Waals surface area contributed by atoms with Crippen LogP contribution in [0.2, 0.25) is 0 Å². The molecule has 0 unspecified atom stereocenters. The van der Waals surface area contributed by atoms with Crippen LogP contribution in [0.3, 0.4) is 0 Å². The van der Waals surface area contributed by atoms with Crippen molar-refractivity contribution in [1.29, 1.82) is 0 Å². The molecule has 1 saturated heterocycles. The minimum atomic E-state index is -0.116. The van der Waals surface area contributed by atoms with Gasteiger partial charge in [-0.05, 0) is 46.8 Å². The van der Waals surface area contributed by atoms with Crippen molar-refractivity contribution in [2.45, 2.75) is 12.8 Å². The first-order chi connectivity index (χ1) is 10.2. The fraction of sp³-hybridized carbons (Fsp3) is 0.533. The minimum Gasteiger partial charge on any atom is -0.493 e. The Hall–Kier alpha value is -1.27. The lowest BCUT2D eigenvalue weighted by Gasteiger charge is -2.22. The zero-order valence-corrected chi connectivity index (χ0v) is 13.9. The fourth-order valence-corrected chi connectivity index (χ4v) is 2.81. The van der Waals surface area contributed by atoms with E-state index in [0.29, 0.717) is 34.0 Å². The van der Waals surface area contributed by atoms with Crippen molar-refractivity contribution < 1.29 is 19.0 Å². The Balaban J connectivity index is 2.04. The summed E-state index contributed by atoms with van der Waals surface area (Å²) in [5.74, 6) is 1.50. The summed E-state index contributed by atoms with van der Waals surface area (Å²) in [6.45, 7) is 2.23. The lowest BCUT2D eigenvalue weighted by atomic mass is 10.0. The van der Waals surface area contributed by atoms with E-state index in [1.54, 1.807) is 26.4 Å². The monoisotopic (exact) mass is 357 g/mol. The Morgan fingerprint density at radius 3 is 2.52 bits per heavy atom. The number of benzene rings is 1. The molecular formula is C15H20BrNO4. The molecule has 1 aromatic carbocycles. The number of halogens is 1. The van der Waals surface area contributed by atoms with Crippen molar-refractivity contribution in [1.82, 2.24) is 5.32 Å². The number of carbonyl (C=O) groups excluding carboxylic acids is 1. The van der Waals surface area contributed by atoms with Gasteiger partial charge in [-0.2, -0.15) is 0 Å². The molecule has 1 aliphatic heterocycles. The first-order valence-electron chi connectivity index (χ1n) is 6.93. The molecule has 1 aromatic rings. The molecule has 1 N–H and O–H groups in total. The van der Waals surface area contributed by atoms with Gasteiger partial charge in [0, 0.05) is 24.2 Å². The number of hydrogen-bond acceptors (Lipinski definition) is 4. The first kappa shape index (κ1) is 16.1. The molecule has 0 bridgehead atoms. The zero-order chi connectivity index (χ0) is 15.2. The predicted octanol–water partition coefficient (Wildman–Crippen LogP) is 2.62. The maximum absolute atomic E-state index is 12.3. The molecule has 0 spiro atoms. The summed E-state index contributed by atoms with van der Waals surface area (Å²) in [6, 6.07) is 3.42. The van der Waals surface area contributed by atoms with Crippen molar-refractivity contribution in [3.8, 4) is 11.5 Å². The van der Waals surface area contributed by atoms with E-state index < -0.39 is 0 Å². The molecule has 21 heavy (non-hydrogen) atoms. The summed E-state index contributed by atoms with van der Waals surface area (Å²) in [5, 5.41) is 2.98. The minimum absolute atomic E-state index is 0.116. The molecule has 0 aliphatic carbocycles. The van der Waals surface area contributed by atoms with Gasteiger partial charge < -0.3 is 19.5 Å². The molecule has 116 valence electrons. The van der Waals surface area contributed by atoms with Crippen LogP contribution in [0.25, 0.3) is 0 Å². The van der Waals surface area contributed by atoms with Crippen LogP contribution in [0.4, 0.5) is 0 Å². The van der Waals surface area contributed by atoms with E-state index in [0.717, 1.165) is 26.1 Å². The lowest BCUT2D eigenvalue weighted by molar-refractivity contribution is 0.0642. The third-order valence-electron chi connectivity index (χ3n) is 3.61. The molecular weight excluding hydrogens is 338 g/mol. The Kier molecular flexibility index (Phi) is 5.87. The van der Waals surface area contributed by atoms with Gasteiger partial charge in [-0.3, -0.25) is 4.79 Å². The molecule has 2 rings (SSSR count). The number of nitrogens with one attached hydrogen (secondary N) is 1. The van der Waals surface area contributed by atoms with Gasteiger partial charge in [0.15, 0.2) is 11.5 Å². The number of methoxy groups -OCH3 is 2. The highest BCUT2D eigenvalue weighted by atomic mass is 79.9. The van der Waals surface area contributed by atoms with Crippen molar-refractivity contribution >= 4 is 21.8 Å². The Morgan fingerprint density at radius 2 is 1.90 bits per heavy atom. The van der Waals surface area contributed by atoms with Crippen molar-refractivity contribution in [2.75, 3.05) is 34.0 Å². The quantitative estimate of drug-likeness (QED) is 0.879. The normalized spacial score (nSPS) is 15.6. The summed E-state index contributed by atoms with van der Waals surface area (Å²) in [7, 11) is 3.12. The Morgan fingerprint density at radius 1 is 1.29 bits per heavy atom. The number of hydrogen-bond donors (Lipinski definition) is 1. The van der Waals surface area contributed by atoms with Gasteiger partial charge in [-0.15, -0.1) is 0 Å². The SMILES string of the molecule is COc1cc(Br)c(C(=O)NCC2CCOCC2)cc1OC. The molecule has 6 heteroatoms. The highest BCUT2D eigenvalue weighted by Gasteiger charge is 2.18. The molecule has 0 aromatic heterocycles. The van der Waals surface area contributed by atoms with Gasteiger partial charge in [0.2, 0.25) is 0 Å². The van der Waals surface area contributed by atoms with E-state index >= 15 is 0 Å². The smallest absolute Gasteiger partial charge is 0.252 e. The second kappa shape index (κ2) is 7.66.